The maximum Gasteiger partial charge on any atom is 0.257 e. The van der Waals surface area contributed by atoms with Crippen LogP contribution < -0.4 is 5.14 Å². The van der Waals surface area contributed by atoms with Gasteiger partial charge in [0, 0.05) is 37.4 Å². The highest BCUT2D eigenvalue weighted by Gasteiger charge is 2.44. The summed E-state index contributed by atoms with van der Waals surface area (Å²) in [7, 11) is -4.01. The SMILES string of the molecule is Cc1nc2ccccc2n1[C@H]1C[C@H]2CC[C@@H](C1)N2CCC1(c2ccccc2)CCN(C(=O)c2cc(S(N)(=O)=O)cnc2Cl)CC1. The molecule has 3 fully saturated rings. The zero-order chi connectivity index (χ0) is 31.3. The number of benzene rings is 2. The molecular formula is C34H39ClN6O3S. The van der Waals surface area contributed by atoms with Crippen LogP contribution in [0, 0.1) is 6.92 Å². The van der Waals surface area contributed by atoms with Gasteiger partial charge in [-0.05, 0) is 87.6 Å². The van der Waals surface area contributed by atoms with Gasteiger partial charge in [0.25, 0.3) is 5.91 Å². The quantitative estimate of drug-likeness (QED) is 0.266. The number of piperidine rings is 2. The van der Waals surface area contributed by atoms with Crippen molar-refractivity contribution in [2.45, 2.75) is 80.3 Å². The van der Waals surface area contributed by atoms with E-state index in [4.69, 9.17) is 21.7 Å². The molecule has 3 atom stereocenters. The van der Waals surface area contributed by atoms with Gasteiger partial charge in [-0.3, -0.25) is 9.69 Å². The highest BCUT2D eigenvalue weighted by atomic mass is 35.5. The summed E-state index contributed by atoms with van der Waals surface area (Å²) in [4.78, 5) is 26.6. The summed E-state index contributed by atoms with van der Waals surface area (Å²) in [5, 5.41) is 5.27. The number of carbonyl (C=O) groups excluding carboxylic acids is 1. The highest BCUT2D eigenvalue weighted by molar-refractivity contribution is 7.89. The molecule has 4 aromatic rings. The number of aromatic nitrogens is 3. The summed E-state index contributed by atoms with van der Waals surface area (Å²) in [5.41, 5.74) is 3.64. The Hall–Kier alpha value is -3.31. The molecule has 2 aromatic carbocycles. The Balaban J connectivity index is 1.07. The van der Waals surface area contributed by atoms with Gasteiger partial charge in [-0.1, -0.05) is 54.1 Å². The van der Waals surface area contributed by atoms with Gasteiger partial charge in [0.15, 0.2) is 0 Å². The summed E-state index contributed by atoms with van der Waals surface area (Å²) in [6, 6.07) is 22.0. The molecule has 0 spiro atoms. The van der Waals surface area contributed by atoms with Crippen LogP contribution in [0.15, 0.2) is 71.8 Å². The maximum absolute atomic E-state index is 13.5. The average molecular weight is 647 g/mol. The van der Waals surface area contributed by atoms with Crippen LogP contribution in [0.1, 0.15) is 72.7 Å². The fourth-order valence-corrected chi connectivity index (χ4v) is 8.97. The maximum atomic E-state index is 13.5. The molecule has 0 saturated carbocycles. The third-order valence-corrected chi connectivity index (χ3v) is 11.8. The number of hydrogen-bond acceptors (Lipinski definition) is 6. The molecule has 3 aliphatic heterocycles. The van der Waals surface area contributed by atoms with Crippen LogP contribution in [0.25, 0.3) is 11.0 Å². The van der Waals surface area contributed by atoms with Crippen molar-refractivity contribution in [3.8, 4) is 0 Å². The molecule has 2 aromatic heterocycles. The van der Waals surface area contributed by atoms with E-state index < -0.39 is 10.0 Å². The van der Waals surface area contributed by atoms with Gasteiger partial charge in [0.1, 0.15) is 15.9 Å². The lowest BCUT2D eigenvalue weighted by Crippen LogP contribution is -2.49. The molecule has 236 valence electrons. The fourth-order valence-electron chi connectivity index (χ4n) is 8.31. The molecule has 9 nitrogen and oxygen atoms in total. The number of nitrogens with two attached hydrogens (primary N) is 1. The van der Waals surface area contributed by atoms with Crippen LogP contribution in [-0.2, 0) is 15.4 Å². The molecule has 2 N–H and O–H groups in total. The van der Waals surface area contributed by atoms with Crippen LogP contribution >= 0.6 is 11.6 Å². The van der Waals surface area contributed by atoms with Crippen molar-refractivity contribution in [2.75, 3.05) is 19.6 Å². The molecule has 11 heteroatoms. The van der Waals surface area contributed by atoms with Crippen LogP contribution in [-0.4, -0.2) is 70.4 Å². The second kappa shape index (κ2) is 11.8. The minimum absolute atomic E-state index is 0.0231. The van der Waals surface area contributed by atoms with Crippen molar-refractivity contribution in [2.24, 2.45) is 5.14 Å². The number of likely N-dealkylation sites (tertiary alicyclic amines) is 1. The molecule has 1 amide bonds. The molecule has 45 heavy (non-hydrogen) atoms. The first-order chi connectivity index (χ1) is 21.6. The lowest BCUT2D eigenvalue weighted by Gasteiger charge is -2.45. The number of hydrogen-bond donors (Lipinski definition) is 1. The van der Waals surface area contributed by atoms with Crippen molar-refractivity contribution in [3.05, 3.63) is 89.0 Å². The zero-order valence-corrected chi connectivity index (χ0v) is 27.1. The number of para-hydroxylation sites is 2. The molecule has 0 unspecified atom stereocenters. The van der Waals surface area contributed by atoms with Gasteiger partial charge in [-0.2, -0.15) is 0 Å². The first kappa shape index (κ1) is 30.3. The van der Waals surface area contributed by atoms with Crippen LogP contribution in [0.5, 0.6) is 0 Å². The van der Waals surface area contributed by atoms with E-state index in [2.05, 4.69) is 76.0 Å². The number of amides is 1. The van der Waals surface area contributed by atoms with Crippen molar-refractivity contribution >= 4 is 38.6 Å². The number of fused-ring (bicyclic) bond motifs is 3. The first-order valence-corrected chi connectivity index (χ1v) is 17.8. The Morgan fingerprint density at radius 1 is 1.00 bits per heavy atom. The van der Waals surface area contributed by atoms with Gasteiger partial charge in [0.05, 0.1) is 16.6 Å². The Morgan fingerprint density at radius 3 is 2.36 bits per heavy atom. The number of sulfonamides is 1. The largest absolute Gasteiger partial charge is 0.338 e. The number of rotatable bonds is 7. The first-order valence-electron chi connectivity index (χ1n) is 15.9. The predicted octanol–water partition coefficient (Wildman–Crippen LogP) is 5.47. The lowest BCUT2D eigenvalue weighted by molar-refractivity contribution is 0.0606. The number of carbonyl (C=O) groups is 1. The number of halogens is 1. The van der Waals surface area contributed by atoms with Crippen molar-refractivity contribution in [3.63, 3.8) is 0 Å². The van der Waals surface area contributed by atoms with Gasteiger partial charge < -0.3 is 9.47 Å². The molecule has 5 heterocycles. The summed E-state index contributed by atoms with van der Waals surface area (Å²) < 4.78 is 26.3. The summed E-state index contributed by atoms with van der Waals surface area (Å²) in [5.74, 6) is 0.786. The Labute approximate surface area is 269 Å². The fraction of sp³-hybridized carbons (Fsp3) is 0.441. The van der Waals surface area contributed by atoms with Crippen molar-refractivity contribution < 1.29 is 13.2 Å². The third kappa shape index (κ3) is 5.67. The second-order valence-corrected chi connectivity index (χ2v) is 14.9. The summed E-state index contributed by atoms with van der Waals surface area (Å²) in [6.45, 7) is 4.26. The van der Waals surface area contributed by atoms with Gasteiger partial charge in [0.2, 0.25) is 10.0 Å². The van der Waals surface area contributed by atoms with E-state index in [9.17, 15) is 13.2 Å². The topological polar surface area (TPSA) is 114 Å². The van der Waals surface area contributed by atoms with Gasteiger partial charge >= 0.3 is 0 Å². The summed E-state index contributed by atoms with van der Waals surface area (Å²) >= 11 is 6.26. The van der Waals surface area contributed by atoms with E-state index in [1.165, 1.54) is 30.0 Å². The van der Waals surface area contributed by atoms with Gasteiger partial charge in [-0.15, -0.1) is 0 Å². The van der Waals surface area contributed by atoms with E-state index in [0.717, 1.165) is 56.2 Å². The average Bonchev–Trinajstić information content (AvgIpc) is 3.50. The second-order valence-electron chi connectivity index (χ2n) is 13.0. The Bertz CT molecular complexity index is 1820. The number of aryl methyl sites for hydroxylation is 1. The zero-order valence-electron chi connectivity index (χ0n) is 25.5. The number of pyridine rings is 1. The van der Waals surface area contributed by atoms with E-state index in [-0.39, 0.29) is 26.9 Å². The number of imidazole rings is 1. The normalized spacial score (nSPS) is 23.4. The standard InChI is InChI=1S/C34H39ClN6O3S/c1-23-38-30-9-5-6-10-31(30)41(23)27-19-25-11-12-26(20-27)40(25)18-15-34(24-7-3-2-4-8-24)13-16-39(17-14-34)33(42)29-21-28(45(36,43)44)22-37-32(29)35/h2-10,21-22,25-27H,11-20H2,1H3,(H2,36,43,44)/t25-,26+,27+. The lowest BCUT2D eigenvalue weighted by atomic mass is 9.70. The third-order valence-electron chi connectivity index (χ3n) is 10.6. The van der Waals surface area contributed by atoms with E-state index in [1.54, 1.807) is 4.90 Å². The van der Waals surface area contributed by atoms with Crippen LogP contribution in [0.4, 0.5) is 0 Å². The van der Waals surface area contributed by atoms with Gasteiger partial charge in [-0.25, -0.2) is 23.5 Å². The Kier molecular flexibility index (Phi) is 7.96. The van der Waals surface area contributed by atoms with E-state index in [0.29, 0.717) is 31.2 Å². The molecular weight excluding hydrogens is 608 g/mol. The van der Waals surface area contributed by atoms with E-state index in [1.807, 2.05) is 0 Å². The smallest absolute Gasteiger partial charge is 0.257 e. The Morgan fingerprint density at radius 2 is 1.67 bits per heavy atom. The molecule has 7 rings (SSSR count). The molecule has 2 bridgehead atoms. The van der Waals surface area contributed by atoms with E-state index >= 15 is 0 Å². The summed E-state index contributed by atoms with van der Waals surface area (Å²) in [6.07, 6.45) is 8.49. The molecule has 0 aliphatic carbocycles. The molecule has 3 saturated heterocycles. The predicted molar refractivity (Wildman–Crippen MR) is 175 cm³/mol. The minimum Gasteiger partial charge on any atom is -0.338 e. The number of primary sulfonamides is 1. The number of nitrogens with zero attached hydrogens (tertiary/aromatic N) is 5. The van der Waals surface area contributed by atoms with Crippen molar-refractivity contribution in [1.29, 1.82) is 0 Å². The minimum atomic E-state index is -4.01. The monoisotopic (exact) mass is 646 g/mol. The van der Waals surface area contributed by atoms with Crippen molar-refractivity contribution in [1.82, 2.24) is 24.3 Å². The highest BCUT2D eigenvalue weighted by Crippen LogP contribution is 2.45. The molecule has 0 radical (unpaired) electrons. The molecule has 3 aliphatic rings. The van der Waals surface area contributed by atoms with Crippen LogP contribution in [0.2, 0.25) is 5.15 Å². The van der Waals surface area contributed by atoms with Crippen LogP contribution in [0.3, 0.4) is 0 Å².